The first-order chi connectivity index (χ1) is 9.19. The molecule has 0 amide bonds. The molecule has 19 heavy (non-hydrogen) atoms. The highest BCUT2D eigenvalue weighted by atomic mass is 16.6. The summed E-state index contributed by atoms with van der Waals surface area (Å²) >= 11 is 0. The van der Waals surface area contributed by atoms with E-state index in [0.29, 0.717) is 18.3 Å². The van der Waals surface area contributed by atoms with E-state index in [0.717, 1.165) is 37.9 Å². The van der Waals surface area contributed by atoms with E-state index in [1.54, 1.807) is 6.07 Å². The predicted molar refractivity (Wildman–Crippen MR) is 69.7 cm³/mol. The summed E-state index contributed by atoms with van der Waals surface area (Å²) in [6, 6.07) is 3.72. The van der Waals surface area contributed by atoms with Gasteiger partial charge in [-0.3, -0.25) is 15.0 Å². The van der Waals surface area contributed by atoms with E-state index in [9.17, 15) is 10.1 Å². The number of nitrogens with zero attached hydrogens (tertiary/aromatic N) is 2. The third kappa shape index (κ3) is 2.26. The highest BCUT2D eigenvalue weighted by Gasteiger charge is 2.43. The van der Waals surface area contributed by atoms with Crippen LogP contribution in [0.1, 0.15) is 19.1 Å². The van der Waals surface area contributed by atoms with Crippen LogP contribution >= 0.6 is 0 Å². The molecule has 0 bridgehead atoms. The molecule has 3 heterocycles. The second-order valence-corrected chi connectivity index (χ2v) is 5.48. The van der Waals surface area contributed by atoms with Gasteiger partial charge in [-0.05, 0) is 37.4 Å². The van der Waals surface area contributed by atoms with Gasteiger partial charge in [-0.15, -0.1) is 0 Å². The number of nitro groups is 1. The van der Waals surface area contributed by atoms with E-state index >= 15 is 0 Å². The summed E-state index contributed by atoms with van der Waals surface area (Å²) in [4.78, 5) is 12.6. The lowest BCUT2D eigenvalue weighted by Gasteiger charge is -2.25. The molecule has 1 aromatic heterocycles. The zero-order valence-corrected chi connectivity index (χ0v) is 11.0. The van der Waals surface area contributed by atoms with Crippen molar-refractivity contribution in [2.24, 2.45) is 11.8 Å². The number of fused-ring (bicyclic) bond motifs is 1. The van der Waals surface area contributed by atoms with Gasteiger partial charge in [0.15, 0.2) is 0 Å². The monoisotopic (exact) mass is 265 g/mol. The predicted octanol–water partition coefficient (Wildman–Crippen LogP) is 1.62. The Bertz CT molecular complexity index is 473. The molecule has 0 radical (unpaired) electrons. The number of nitrogens with one attached hydrogen (secondary N) is 1. The van der Waals surface area contributed by atoms with Gasteiger partial charge in [-0.2, -0.15) is 0 Å². The first-order valence-corrected chi connectivity index (χ1v) is 6.87. The summed E-state index contributed by atoms with van der Waals surface area (Å²) in [6.45, 7) is 6.14. The van der Waals surface area contributed by atoms with Crippen LogP contribution in [0, 0.1) is 22.0 Å². The lowest BCUT2D eigenvalue weighted by atomic mass is 9.93. The third-order valence-electron chi connectivity index (χ3n) is 4.43. The zero-order valence-electron chi connectivity index (χ0n) is 11.0. The van der Waals surface area contributed by atoms with Gasteiger partial charge in [0.25, 0.3) is 0 Å². The van der Waals surface area contributed by atoms with E-state index in [2.05, 4.69) is 17.1 Å². The molecule has 0 saturated carbocycles. The normalized spacial score (nSPS) is 30.7. The van der Waals surface area contributed by atoms with Crippen LogP contribution in [0.15, 0.2) is 16.5 Å². The van der Waals surface area contributed by atoms with Gasteiger partial charge in [0.05, 0.1) is 12.6 Å². The Morgan fingerprint density at radius 1 is 1.53 bits per heavy atom. The summed E-state index contributed by atoms with van der Waals surface area (Å²) in [5, 5.41) is 14.1. The van der Waals surface area contributed by atoms with Crippen LogP contribution in [0.4, 0.5) is 5.88 Å². The minimum absolute atomic E-state index is 0.163. The highest BCUT2D eigenvalue weighted by Crippen LogP contribution is 2.35. The Hall–Kier alpha value is -1.40. The molecule has 0 spiro atoms. The summed E-state index contributed by atoms with van der Waals surface area (Å²) in [7, 11) is 0. The fourth-order valence-electron chi connectivity index (χ4n) is 3.60. The molecule has 6 nitrogen and oxygen atoms in total. The largest absolute Gasteiger partial charge is 0.433 e. The maximum absolute atomic E-state index is 10.6. The molecule has 2 aliphatic heterocycles. The summed E-state index contributed by atoms with van der Waals surface area (Å²) < 4.78 is 5.27. The molecule has 2 aliphatic rings. The van der Waals surface area contributed by atoms with Gasteiger partial charge in [-0.25, -0.2) is 0 Å². The Morgan fingerprint density at radius 3 is 3.05 bits per heavy atom. The maximum atomic E-state index is 10.6. The number of furan rings is 1. The molecule has 6 heteroatoms. The number of rotatable bonds is 4. The van der Waals surface area contributed by atoms with Crippen molar-refractivity contribution in [1.82, 2.24) is 10.2 Å². The molecule has 2 saturated heterocycles. The number of hydrogen-bond acceptors (Lipinski definition) is 5. The van der Waals surface area contributed by atoms with Crippen LogP contribution in [-0.4, -0.2) is 35.5 Å². The molecule has 104 valence electrons. The standard InChI is InChI=1S/C13H19N3O3/c1-2-12-11-6-14-5-9(11)7-15(12)8-10-3-4-13(19-10)16(17)18/h3-4,9,11-12,14H,2,5-8H2,1H3. The smallest absolute Gasteiger partial charge is 0.404 e. The van der Waals surface area contributed by atoms with E-state index in [1.807, 2.05) is 0 Å². The molecule has 0 aliphatic carbocycles. The molecule has 1 aromatic rings. The van der Waals surface area contributed by atoms with E-state index in [-0.39, 0.29) is 5.88 Å². The number of hydrogen-bond donors (Lipinski definition) is 1. The zero-order chi connectivity index (χ0) is 13.4. The Kier molecular flexibility index (Phi) is 3.28. The molecule has 2 fully saturated rings. The van der Waals surface area contributed by atoms with Crippen LogP contribution in [0.2, 0.25) is 0 Å². The van der Waals surface area contributed by atoms with Crippen molar-refractivity contribution in [3.63, 3.8) is 0 Å². The molecule has 3 unspecified atom stereocenters. The SMILES string of the molecule is CCC1C2CNCC2CN1Cc1ccc([N+](=O)[O-])o1. The summed E-state index contributed by atoms with van der Waals surface area (Å²) in [6.07, 6.45) is 1.12. The fourth-order valence-corrected chi connectivity index (χ4v) is 3.60. The van der Waals surface area contributed by atoms with Crippen LogP contribution in [0.5, 0.6) is 0 Å². The molecule has 1 N–H and O–H groups in total. The van der Waals surface area contributed by atoms with Crippen LogP contribution in [-0.2, 0) is 6.54 Å². The maximum Gasteiger partial charge on any atom is 0.433 e. The fraction of sp³-hybridized carbons (Fsp3) is 0.692. The second-order valence-electron chi connectivity index (χ2n) is 5.48. The van der Waals surface area contributed by atoms with Gasteiger partial charge in [-0.1, -0.05) is 6.92 Å². The van der Waals surface area contributed by atoms with Crippen LogP contribution in [0.3, 0.4) is 0 Å². The average Bonchev–Trinajstić information content (AvgIpc) is 3.04. The first kappa shape index (κ1) is 12.6. The van der Waals surface area contributed by atoms with Crippen molar-refractivity contribution in [2.75, 3.05) is 19.6 Å². The van der Waals surface area contributed by atoms with E-state index in [4.69, 9.17) is 4.42 Å². The Morgan fingerprint density at radius 2 is 2.37 bits per heavy atom. The lowest BCUT2D eigenvalue weighted by Crippen LogP contribution is -2.34. The Labute approximate surface area is 111 Å². The molecule has 3 atom stereocenters. The van der Waals surface area contributed by atoms with Crippen LogP contribution < -0.4 is 5.32 Å². The van der Waals surface area contributed by atoms with Crippen LogP contribution in [0.25, 0.3) is 0 Å². The summed E-state index contributed by atoms with van der Waals surface area (Å²) in [5.41, 5.74) is 0. The van der Waals surface area contributed by atoms with Gasteiger partial charge in [0, 0.05) is 12.6 Å². The van der Waals surface area contributed by atoms with Crippen molar-refractivity contribution in [3.05, 3.63) is 28.0 Å². The average molecular weight is 265 g/mol. The first-order valence-electron chi connectivity index (χ1n) is 6.87. The molecule has 3 rings (SSSR count). The van der Waals surface area contributed by atoms with Gasteiger partial charge >= 0.3 is 5.88 Å². The van der Waals surface area contributed by atoms with Crippen molar-refractivity contribution in [2.45, 2.75) is 25.9 Å². The highest BCUT2D eigenvalue weighted by molar-refractivity contribution is 5.18. The van der Waals surface area contributed by atoms with Crippen molar-refractivity contribution in [3.8, 4) is 0 Å². The second kappa shape index (κ2) is 4.94. The third-order valence-corrected chi connectivity index (χ3v) is 4.43. The molecule has 0 aromatic carbocycles. The number of likely N-dealkylation sites (tertiary alicyclic amines) is 1. The van der Waals surface area contributed by atoms with E-state index < -0.39 is 4.92 Å². The van der Waals surface area contributed by atoms with Crippen molar-refractivity contribution in [1.29, 1.82) is 0 Å². The van der Waals surface area contributed by atoms with E-state index in [1.165, 1.54) is 6.07 Å². The van der Waals surface area contributed by atoms with Gasteiger partial charge in [0.1, 0.15) is 10.7 Å². The minimum atomic E-state index is -0.483. The van der Waals surface area contributed by atoms with Crippen molar-refractivity contribution < 1.29 is 9.34 Å². The van der Waals surface area contributed by atoms with Gasteiger partial charge in [0.2, 0.25) is 0 Å². The van der Waals surface area contributed by atoms with Crippen molar-refractivity contribution >= 4 is 5.88 Å². The summed E-state index contributed by atoms with van der Waals surface area (Å²) in [5.74, 6) is 1.96. The topological polar surface area (TPSA) is 71.5 Å². The minimum Gasteiger partial charge on any atom is -0.404 e. The van der Waals surface area contributed by atoms with Gasteiger partial charge < -0.3 is 9.73 Å². The quantitative estimate of drug-likeness (QED) is 0.661. The molecular formula is C13H19N3O3. The molecular weight excluding hydrogens is 246 g/mol. The lowest BCUT2D eigenvalue weighted by molar-refractivity contribution is -0.402. The Balaban J connectivity index is 1.70.